The van der Waals surface area contributed by atoms with Crippen LogP contribution in [0.25, 0.3) is 0 Å². The molecule has 0 aliphatic heterocycles. The van der Waals surface area contributed by atoms with E-state index in [2.05, 4.69) is 5.32 Å². The zero-order chi connectivity index (χ0) is 21.9. The van der Waals surface area contributed by atoms with Crippen LogP contribution in [0.4, 0.5) is 4.39 Å². The van der Waals surface area contributed by atoms with Crippen LogP contribution in [0, 0.1) is 5.82 Å². The minimum Gasteiger partial charge on any atom is -0.497 e. The average molecular weight is 433 g/mol. The number of amides is 2. The van der Waals surface area contributed by atoms with Gasteiger partial charge in [0.05, 0.1) is 12.9 Å². The first-order valence-corrected chi connectivity index (χ1v) is 11.1. The molecule has 2 aromatic carbocycles. The Bertz CT molecular complexity index is 812. The van der Waals surface area contributed by atoms with Crippen molar-refractivity contribution in [2.24, 2.45) is 0 Å². The van der Waals surface area contributed by atoms with Crippen LogP contribution in [-0.2, 0) is 21.9 Å². The number of carbonyl (C=O) groups excluding carboxylic acids is 2. The summed E-state index contributed by atoms with van der Waals surface area (Å²) in [7, 11) is 1.60. The highest BCUT2D eigenvalue weighted by Gasteiger charge is 2.25. The minimum absolute atomic E-state index is 0.114. The third kappa shape index (κ3) is 7.37. The Morgan fingerprint density at radius 1 is 1.10 bits per heavy atom. The molecule has 0 spiro atoms. The van der Waals surface area contributed by atoms with Crippen LogP contribution >= 0.6 is 11.8 Å². The molecule has 0 aliphatic rings. The second kappa shape index (κ2) is 12.2. The van der Waals surface area contributed by atoms with Crippen LogP contribution in [0.5, 0.6) is 5.75 Å². The first kappa shape index (κ1) is 23.7. The van der Waals surface area contributed by atoms with Crippen LogP contribution in [0.2, 0.25) is 0 Å². The number of hydrogen-bond donors (Lipinski definition) is 1. The Balaban J connectivity index is 2.04. The van der Waals surface area contributed by atoms with E-state index in [1.165, 1.54) is 23.9 Å². The normalized spacial score (nSPS) is 11.6. The Labute approximate surface area is 182 Å². The zero-order valence-electron chi connectivity index (χ0n) is 17.7. The Morgan fingerprint density at radius 2 is 1.73 bits per heavy atom. The van der Waals surface area contributed by atoms with E-state index < -0.39 is 6.04 Å². The molecular weight excluding hydrogens is 403 g/mol. The van der Waals surface area contributed by atoms with Gasteiger partial charge in [0.1, 0.15) is 17.6 Å². The van der Waals surface area contributed by atoms with Crippen molar-refractivity contribution >= 4 is 23.6 Å². The second-order valence-corrected chi connectivity index (χ2v) is 7.94. The number of nitrogens with one attached hydrogen (secondary N) is 1. The summed E-state index contributed by atoms with van der Waals surface area (Å²) in [6.45, 7) is 4.64. The van der Waals surface area contributed by atoms with Gasteiger partial charge in [-0.1, -0.05) is 31.2 Å². The van der Waals surface area contributed by atoms with Crippen molar-refractivity contribution in [3.05, 3.63) is 65.5 Å². The fraction of sp³-hybridized carbons (Fsp3) is 0.391. The predicted molar refractivity (Wildman–Crippen MR) is 119 cm³/mol. The van der Waals surface area contributed by atoms with Crippen molar-refractivity contribution in [3.63, 3.8) is 0 Å². The van der Waals surface area contributed by atoms with Crippen LogP contribution in [0.3, 0.4) is 0 Å². The summed E-state index contributed by atoms with van der Waals surface area (Å²) >= 11 is 1.45. The monoisotopic (exact) mass is 432 g/mol. The molecular formula is C23H29FN2O3S. The fourth-order valence-electron chi connectivity index (χ4n) is 2.83. The third-order valence-electron chi connectivity index (χ3n) is 4.64. The number of nitrogens with zero attached hydrogens (tertiary/aromatic N) is 1. The Kier molecular flexibility index (Phi) is 9.67. The molecule has 0 bridgehead atoms. The van der Waals surface area contributed by atoms with E-state index in [1.807, 2.05) is 31.2 Å². The first-order valence-electron chi connectivity index (χ1n) is 9.97. The number of methoxy groups -OCH3 is 1. The number of halogens is 1. The fourth-order valence-corrected chi connectivity index (χ4v) is 3.70. The van der Waals surface area contributed by atoms with Gasteiger partial charge in [0.15, 0.2) is 0 Å². The topological polar surface area (TPSA) is 58.6 Å². The maximum atomic E-state index is 13.0. The Hall–Kier alpha value is -2.54. The first-order chi connectivity index (χ1) is 14.4. The molecule has 162 valence electrons. The molecule has 0 heterocycles. The van der Waals surface area contributed by atoms with E-state index in [9.17, 15) is 14.0 Å². The van der Waals surface area contributed by atoms with Crippen molar-refractivity contribution in [1.82, 2.24) is 10.2 Å². The maximum Gasteiger partial charge on any atom is 0.242 e. The van der Waals surface area contributed by atoms with Gasteiger partial charge >= 0.3 is 0 Å². The summed E-state index contributed by atoms with van der Waals surface area (Å²) in [5.74, 6) is 1.01. The molecule has 30 heavy (non-hydrogen) atoms. The van der Waals surface area contributed by atoms with Gasteiger partial charge in [-0.25, -0.2) is 4.39 Å². The highest BCUT2D eigenvalue weighted by atomic mass is 32.2. The lowest BCUT2D eigenvalue weighted by Gasteiger charge is -2.28. The van der Waals surface area contributed by atoms with E-state index in [1.54, 1.807) is 31.1 Å². The van der Waals surface area contributed by atoms with Crippen molar-refractivity contribution in [1.29, 1.82) is 0 Å². The van der Waals surface area contributed by atoms with Gasteiger partial charge in [-0.15, -0.1) is 11.8 Å². The van der Waals surface area contributed by atoms with Crippen molar-refractivity contribution < 1.29 is 18.7 Å². The summed E-state index contributed by atoms with van der Waals surface area (Å²) in [5, 5.41) is 2.86. The molecule has 0 unspecified atom stereocenters. The predicted octanol–water partition coefficient (Wildman–Crippen LogP) is 4.01. The number of ether oxygens (including phenoxy) is 1. The molecule has 0 fully saturated rings. The number of benzene rings is 2. The number of rotatable bonds is 11. The van der Waals surface area contributed by atoms with Gasteiger partial charge in [0.2, 0.25) is 11.8 Å². The van der Waals surface area contributed by atoms with Gasteiger partial charge in [0, 0.05) is 18.8 Å². The summed E-state index contributed by atoms with van der Waals surface area (Å²) < 4.78 is 18.2. The van der Waals surface area contributed by atoms with Gasteiger partial charge in [-0.2, -0.15) is 0 Å². The quantitative estimate of drug-likeness (QED) is 0.583. The average Bonchev–Trinajstić information content (AvgIpc) is 2.77. The highest BCUT2D eigenvalue weighted by molar-refractivity contribution is 7.99. The summed E-state index contributed by atoms with van der Waals surface area (Å²) in [6.07, 6.45) is 0.832. The van der Waals surface area contributed by atoms with Crippen LogP contribution in [-0.4, -0.2) is 42.2 Å². The van der Waals surface area contributed by atoms with E-state index in [0.29, 0.717) is 18.8 Å². The number of thioether (sulfide) groups is 1. The smallest absolute Gasteiger partial charge is 0.242 e. The molecule has 2 amide bonds. The highest BCUT2D eigenvalue weighted by Crippen LogP contribution is 2.18. The largest absolute Gasteiger partial charge is 0.497 e. The molecule has 0 aliphatic carbocycles. The molecule has 1 N–H and O–H groups in total. The van der Waals surface area contributed by atoms with Crippen LogP contribution < -0.4 is 10.1 Å². The van der Waals surface area contributed by atoms with Crippen molar-refractivity contribution in [3.8, 4) is 5.75 Å². The van der Waals surface area contributed by atoms with E-state index in [4.69, 9.17) is 4.74 Å². The number of carbonyl (C=O) groups is 2. The molecule has 7 heteroatoms. The van der Waals surface area contributed by atoms with E-state index in [-0.39, 0.29) is 23.4 Å². The van der Waals surface area contributed by atoms with Gasteiger partial charge < -0.3 is 15.0 Å². The minimum atomic E-state index is -0.586. The molecule has 1 atom stereocenters. The molecule has 2 rings (SSSR count). The van der Waals surface area contributed by atoms with E-state index in [0.717, 1.165) is 23.3 Å². The second-order valence-electron chi connectivity index (χ2n) is 6.96. The van der Waals surface area contributed by atoms with Crippen LogP contribution in [0.1, 0.15) is 31.4 Å². The maximum absolute atomic E-state index is 13.0. The molecule has 0 saturated heterocycles. The Morgan fingerprint density at radius 3 is 2.33 bits per heavy atom. The van der Waals surface area contributed by atoms with Gasteiger partial charge in [-0.3, -0.25) is 9.59 Å². The lowest BCUT2D eigenvalue weighted by atomic mass is 10.1. The zero-order valence-corrected chi connectivity index (χ0v) is 18.5. The lowest BCUT2D eigenvalue weighted by Crippen LogP contribution is -2.48. The van der Waals surface area contributed by atoms with Crippen molar-refractivity contribution in [2.75, 3.05) is 19.4 Å². The summed E-state index contributed by atoms with van der Waals surface area (Å²) in [5.41, 5.74) is 1.87. The van der Waals surface area contributed by atoms with E-state index >= 15 is 0 Å². The molecule has 5 nitrogen and oxygen atoms in total. The third-order valence-corrected chi connectivity index (χ3v) is 5.62. The number of hydrogen-bond acceptors (Lipinski definition) is 4. The molecule has 0 saturated carbocycles. The van der Waals surface area contributed by atoms with Gasteiger partial charge in [0.25, 0.3) is 0 Å². The molecule has 0 radical (unpaired) electrons. The standard InChI is InChI=1S/C23H29FN2O3S/c1-4-13-25-23(28)17(2)26(14-18-7-11-21(29-3)12-8-18)22(27)16-30-15-19-5-9-20(24)10-6-19/h5-12,17H,4,13-16H2,1-3H3,(H,25,28)/t17-/m1/s1. The summed E-state index contributed by atoms with van der Waals surface area (Å²) in [4.78, 5) is 27.1. The summed E-state index contributed by atoms with van der Waals surface area (Å²) in [6, 6.07) is 13.1. The van der Waals surface area contributed by atoms with Gasteiger partial charge in [-0.05, 0) is 48.7 Å². The SMILES string of the molecule is CCCNC(=O)[C@@H](C)N(Cc1ccc(OC)cc1)C(=O)CSCc1ccc(F)cc1. The molecule has 2 aromatic rings. The van der Waals surface area contributed by atoms with Crippen LogP contribution in [0.15, 0.2) is 48.5 Å². The van der Waals surface area contributed by atoms with Crippen molar-refractivity contribution in [2.45, 2.75) is 38.6 Å². The lowest BCUT2D eigenvalue weighted by molar-refractivity contribution is -0.138. The molecule has 0 aromatic heterocycles.